The summed E-state index contributed by atoms with van der Waals surface area (Å²) >= 11 is 0. The van der Waals surface area contributed by atoms with Crippen LogP contribution in [0.25, 0.3) is 0 Å². The van der Waals surface area contributed by atoms with E-state index >= 15 is 0 Å². The number of hydrogen-bond donors (Lipinski definition) is 9. The Bertz CT molecular complexity index is 893. The molecule has 13 N–H and O–H groups in total. The second-order valence-corrected chi connectivity index (χ2v) is 11.8. The van der Waals surface area contributed by atoms with Crippen LogP contribution in [-0.4, -0.2) is 135 Å². The number of nitrogens with one attached hydrogen (secondary N) is 2. The number of nitrogens with two attached hydrogens (primary N) is 4. The number of likely N-dealkylation sites (N-methyl/N-ethyl adjacent to an activating group) is 1. The lowest BCUT2D eigenvalue weighted by molar-refractivity contribution is -0.274. The zero-order chi connectivity index (χ0) is 32.2. The van der Waals surface area contributed by atoms with Gasteiger partial charge in [0.2, 0.25) is 5.91 Å². The third-order valence-corrected chi connectivity index (χ3v) is 8.07. The minimum Gasteiger partial charge on any atom is -0.497 e. The Balaban J connectivity index is 0.000000502. The molecule has 2 saturated heterocycles. The molecule has 1 aliphatic carbocycles. The van der Waals surface area contributed by atoms with Crippen molar-refractivity contribution in [1.29, 1.82) is 0 Å². The second-order valence-electron chi connectivity index (χ2n) is 11.8. The molecule has 0 spiro atoms. The largest absolute Gasteiger partial charge is 0.497 e. The van der Waals surface area contributed by atoms with Gasteiger partial charge in [-0.3, -0.25) is 4.79 Å². The number of hydrogen-bond acceptors (Lipinski definition) is 14. The van der Waals surface area contributed by atoms with Crippen molar-refractivity contribution < 1.29 is 48.2 Å². The minimum absolute atomic E-state index is 0.0427. The summed E-state index contributed by atoms with van der Waals surface area (Å²) < 4.78 is 42.1. The number of aliphatic hydroxyl groups excluding tert-OH is 3. The Hall–Kier alpha value is -1.54. The average Bonchev–Trinajstić information content (AvgIpc) is 3.38. The molecule has 44 heavy (non-hydrogen) atoms. The van der Waals surface area contributed by atoms with Crippen LogP contribution in [0.3, 0.4) is 0 Å². The fourth-order valence-electron chi connectivity index (χ4n) is 5.74. The highest BCUT2D eigenvalue weighted by Crippen LogP contribution is 2.31. The molecule has 12 atom stereocenters. The average molecular weight is 637 g/mol. The van der Waals surface area contributed by atoms with Gasteiger partial charge in [0, 0.05) is 31.6 Å². The van der Waals surface area contributed by atoms with E-state index < -0.39 is 61.2 Å². The zero-order valence-electron chi connectivity index (χ0n) is 25.5. The van der Waals surface area contributed by atoms with E-state index in [1.54, 1.807) is 0 Å². The maximum atomic E-state index is 13.4. The van der Waals surface area contributed by atoms with Gasteiger partial charge in [-0.05, 0) is 45.2 Å². The van der Waals surface area contributed by atoms with Crippen molar-refractivity contribution in [3.63, 3.8) is 0 Å². The minimum atomic E-state index is -1.40. The Morgan fingerprint density at radius 2 is 1.89 bits per heavy atom. The Morgan fingerprint density at radius 3 is 2.52 bits per heavy atom. The van der Waals surface area contributed by atoms with Gasteiger partial charge in [-0.25, -0.2) is 4.39 Å². The van der Waals surface area contributed by atoms with Crippen LogP contribution in [0.4, 0.5) is 4.39 Å². The van der Waals surface area contributed by atoms with Gasteiger partial charge in [-0.1, -0.05) is 0 Å². The van der Waals surface area contributed by atoms with E-state index in [1.165, 1.54) is 12.8 Å². The molecule has 4 rings (SSSR count). The van der Waals surface area contributed by atoms with Crippen molar-refractivity contribution in [1.82, 2.24) is 10.6 Å². The smallest absolute Gasteiger partial charge is 0.223 e. The van der Waals surface area contributed by atoms with Crippen molar-refractivity contribution in [3.8, 4) is 0 Å². The van der Waals surface area contributed by atoms with E-state index in [4.69, 9.17) is 46.6 Å². The normalized spacial score (nSPS) is 38.1. The van der Waals surface area contributed by atoms with Crippen molar-refractivity contribution in [2.45, 2.75) is 118 Å². The van der Waals surface area contributed by atoms with Crippen molar-refractivity contribution in [2.24, 2.45) is 22.9 Å². The van der Waals surface area contributed by atoms with E-state index in [1.807, 2.05) is 7.05 Å². The maximum absolute atomic E-state index is 13.4. The van der Waals surface area contributed by atoms with Gasteiger partial charge in [0.25, 0.3) is 0 Å². The molecular weight excluding hydrogens is 583 g/mol. The van der Waals surface area contributed by atoms with E-state index in [9.17, 15) is 24.5 Å². The Kier molecular flexibility index (Phi) is 15.6. The van der Waals surface area contributed by atoms with E-state index in [0.717, 1.165) is 18.9 Å². The SMILES string of the molecule is CNCC1=CCCCO1.NCC(F)CC(=O)NC1CC(N)CC(OC2C[C@H](O[C@H]3O[C@@H](CN)[C@@H](O)C(O)[C@H]3N)C(CO)O2)C1. The van der Waals surface area contributed by atoms with Crippen LogP contribution in [0.15, 0.2) is 11.8 Å². The highest BCUT2D eigenvalue weighted by atomic mass is 19.1. The second kappa shape index (κ2) is 18.6. The van der Waals surface area contributed by atoms with E-state index in [2.05, 4.69) is 16.7 Å². The van der Waals surface area contributed by atoms with Gasteiger partial charge in [0.1, 0.15) is 36.3 Å². The molecule has 16 heteroatoms. The van der Waals surface area contributed by atoms with Crippen LogP contribution < -0.4 is 33.6 Å². The third-order valence-electron chi connectivity index (χ3n) is 8.07. The topological polar surface area (TPSA) is 252 Å². The highest BCUT2D eigenvalue weighted by molar-refractivity contribution is 5.76. The highest BCUT2D eigenvalue weighted by Gasteiger charge is 2.46. The van der Waals surface area contributed by atoms with Crippen LogP contribution in [0.1, 0.15) is 44.9 Å². The molecule has 0 radical (unpaired) electrons. The van der Waals surface area contributed by atoms with Crippen LogP contribution in [0.2, 0.25) is 0 Å². The van der Waals surface area contributed by atoms with Crippen molar-refractivity contribution in [2.75, 3.05) is 39.9 Å². The Labute approximate surface area is 258 Å². The molecule has 7 unspecified atom stereocenters. The summed E-state index contributed by atoms with van der Waals surface area (Å²) in [6, 6.07) is -1.54. The van der Waals surface area contributed by atoms with E-state index in [0.29, 0.717) is 19.3 Å². The van der Waals surface area contributed by atoms with Crippen LogP contribution in [-0.2, 0) is 28.5 Å². The number of carbonyl (C=O) groups excluding carboxylic acids is 1. The number of halogens is 1. The first-order chi connectivity index (χ1) is 21.1. The fourth-order valence-corrected chi connectivity index (χ4v) is 5.74. The fraction of sp³-hybridized carbons (Fsp3) is 0.893. The summed E-state index contributed by atoms with van der Waals surface area (Å²) in [6.45, 7) is 1.15. The summed E-state index contributed by atoms with van der Waals surface area (Å²) in [4.78, 5) is 12.0. The molecule has 3 fully saturated rings. The third kappa shape index (κ3) is 11.1. The number of carbonyl (C=O) groups is 1. The van der Waals surface area contributed by atoms with E-state index in [-0.39, 0.29) is 50.7 Å². The first-order valence-corrected chi connectivity index (χ1v) is 15.5. The quantitative estimate of drug-likeness (QED) is 0.105. The molecule has 0 aromatic carbocycles. The molecule has 1 saturated carbocycles. The molecule has 4 aliphatic rings. The summed E-state index contributed by atoms with van der Waals surface area (Å²) in [5, 5.41) is 35.8. The van der Waals surface area contributed by atoms with Gasteiger partial charge in [-0.2, -0.15) is 0 Å². The first-order valence-electron chi connectivity index (χ1n) is 15.5. The predicted octanol–water partition coefficient (Wildman–Crippen LogP) is -2.82. The lowest BCUT2D eigenvalue weighted by Gasteiger charge is -2.41. The molecule has 3 heterocycles. The van der Waals surface area contributed by atoms with Crippen molar-refractivity contribution in [3.05, 3.63) is 11.8 Å². The first kappa shape index (κ1) is 36.9. The molecule has 0 bridgehead atoms. The Morgan fingerprint density at radius 1 is 1.11 bits per heavy atom. The number of allylic oxidation sites excluding steroid dienone is 1. The summed E-state index contributed by atoms with van der Waals surface area (Å²) in [5.74, 6) is 0.669. The molecule has 1 amide bonds. The summed E-state index contributed by atoms with van der Waals surface area (Å²) in [7, 11) is 1.93. The van der Waals surface area contributed by atoms with Gasteiger partial charge in [-0.15, -0.1) is 0 Å². The molecule has 0 aromatic rings. The number of aliphatic hydroxyl groups is 3. The van der Waals surface area contributed by atoms with Gasteiger partial charge >= 0.3 is 0 Å². The van der Waals surface area contributed by atoms with Gasteiger partial charge in [0.15, 0.2) is 12.6 Å². The zero-order valence-corrected chi connectivity index (χ0v) is 25.5. The van der Waals surface area contributed by atoms with Crippen LogP contribution in [0.5, 0.6) is 0 Å². The molecular formula is C28H53FN6O9. The van der Waals surface area contributed by atoms with Gasteiger partial charge < -0.3 is 72.6 Å². The lowest BCUT2D eigenvalue weighted by atomic mass is 9.89. The molecule has 3 aliphatic heterocycles. The number of ether oxygens (including phenoxy) is 5. The monoisotopic (exact) mass is 636 g/mol. The maximum Gasteiger partial charge on any atom is 0.223 e. The summed E-state index contributed by atoms with van der Waals surface area (Å²) in [6.07, 6.45) is -2.34. The number of alkyl halides is 1. The lowest BCUT2D eigenvalue weighted by Crippen LogP contribution is -2.63. The van der Waals surface area contributed by atoms with Crippen LogP contribution in [0, 0.1) is 0 Å². The van der Waals surface area contributed by atoms with Crippen molar-refractivity contribution >= 4 is 5.91 Å². The summed E-state index contributed by atoms with van der Waals surface area (Å²) in [5.41, 5.74) is 23.0. The molecule has 0 aromatic heterocycles. The predicted molar refractivity (Wildman–Crippen MR) is 157 cm³/mol. The van der Waals surface area contributed by atoms with Crippen LogP contribution >= 0.6 is 0 Å². The molecule has 15 nitrogen and oxygen atoms in total. The number of amides is 1. The standard InChI is InChI=1S/C21H40FN5O8.C7H13NO/c22-9(6-23)1-16(29)27-11-2-10(25)3-12(4-11)32-17-5-13(15(8-28)33-17)34-21-18(26)20(31)19(30)14(7-24)35-21;1-8-6-7-4-2-3-5-9-7/h9-15,17-21,28,30-31H,1-8,23-26H2,(H,27,29);4,8H,2-3,5-6H2,1H3/t9?,10?,11?,12?,13-,14-,15?,17?,18+,19+,20?,21-;/m0./s1. The molecule has 256 valence electrons. The van der Waals surface area contributed by atoms with Gasteiger partial charge in [0.05, 0.1) is 44.4 Å². The number of rotatable bonds is 12.